The van der Waals surface area contributed by atoms with Gasteiger partial charge in [0.1, 0.15) is 0 Å². The average Bonchev–Trinajstić information content (AvgIpc) is 2.36. The first kappa shape index (κ1) is 15.9. The fraction of sp³-hybridized carbons (Fsp3) is 0.500. The Morgan fingerprint density at radius 3 is 2.11 bits per heavy atom. The van der Waals surface area contributed by atoms with Crippen LogP contribution in [-0.2, 0) is 10.0 Å². The highest BCUT2D eigenvalue weighted by atomic mass is 32.2. The van der Waals surface area contributed by atoms with E-state index in [0.717, 1.165) is 5.56 Å². The van der Waals surface area contributed by atoms with Crippen LogP contribution in [0.4, 0.5) is 0 Å². The summed E-state index contributed by atoms with van der Waals surface area (Å²) in [4.78, 5) is 11.2. The van der Waals surface area contributed by atoms with Crippen molar-refractivity contribution < 1.29 is 13.2 Å². The smallest absolute Gasteiger partial charge is 0.213 e. The van der Waals surface area contributed by atoms with Crippen molar-refractivity contribution in [2.24, 2.45) is 0 Å². The molecule has 0 spiro atoms. The molecule has 0 aliphatic heterocycles. The number of benzene rings is 1. The minimum Gasteiger partial charge on any atom is -0.295 e. The van der Waals surface area contributed by atoms with Crippen LogP contribution in [0.25, 0.3) is 0 Å². The van der Waals surface area contributed by atoms with Crippen LogP contribution in [0.2, 0.25) is 0 Å². The standard InChI is InChI=1S/C14H21NO3S/c1-10(2)19(17,18)15-9-11(3)13-5-7-14(8-6-13)12(4)16/h5-8,10-11,15H,9H2,1-4H3. The van der Waals surface area contributed by atoms with E-state index in [1.165, 1.54) is 6.92 Å². The summed E-state index contributed by atoms with van der Waals surface area (Å²) in [5, 5.41) is -0.431. The summed E-state index contributed by atoms with van der Waals surface area (Å²) in [6, 6.07) is 7.27. The number of ketones is 1. The highest BCUT2D eigenvalue weighted by molar-refractivity contribution is 7.90. The van der Waals surface area contributed by atoms with E-state index in [1.807, 2.05) is 19.1 Å². The molecule has 1 N–H and O–H groups in total. The van der Waals surface area contributed by atoms with E-state index in [1.54, 1.807) is 26.0 Å². The molecular weight excluding hydrogens is 262 g/mol. The van der Waals surface area contributed by atoms with Crippen molar-refractivity contribution >= 4 is 15.8 Å². The van der Waals surface area contributed by atoms with Gasteiger partial charge in [-0.2, -0.15) is 0 Å². The molecule has 0 bridgehead atoms. The molecule has 4 nitrogen and oxygen atoms in total. The SMILES string of the molecule is CC(=O)c1ccc(C(C)CNS(=O)(=O)C(C)C)cc1. The number of carbonyl (C=O) groups excluding carboxylic acids is 1. The van der Waals surface area contributed by atoms with Gasteiger partial charge in [0.2, 0.25) is 10.0 Å². The predicted molar refractivity (Wildman–Crippen MR) is 76.9 cm³/mol. The lowest BCUT2D eigenvalue weighted by Gasteiger charge is -2.15. The van der Waals surface area contributed by atoms with Crippen molar-refractivity contribution in [1.82, 2.24) is 4.72 Å². The van der Waals surface area contributed by atoms with Crippen molar-refractivity contribution in [3.63, 3.8) is 0 Å². The molecule has 1 unspecified atom stereocenters. The lowest BCUT2D eigenvalue weighted by molar-refractivity contribution is 0.101. The molecule has 0 amide bonds. The summed E-state index contributed by atoms with van der Waals surface area (Å²) in [5.74, 6) is 0.0919. The summed E-state index contributed by atoms with van der Waals surface area (Å²) in [7, 11) is -3.23. The molecule has 0 aliphatic carbocycles. The number of rotatable bonds is 6. The number of hydrogen-bond acceptors (Lipinski definition) is 3. The van der Waals surface area contributed by atoms with Gasteiger partial charge in [-0.05, 0) is 32.3 Å². The number of hydrogen-bond donors (Lipinski definition) is 1. The highest BCUT2D eigenvalue weighted by Gasteiger charge is 2.17. The minimum absolute atomic E-state index is 0.0275. The normalized spacial score (nSPS) is 13.5. The Bertz CT molecular complexity index is 532. The van der Waals surface area contributed by atoms with Gasteiger partial charge in [-0.25, -0.2) is 13.1 Å². The number of sulfonamides is 1. The second-order valence-corrected chi connectivity index (χ2v) is 7.34. The molecule has 0 radical (unpaired) electrons. The molecule has 0 aromatic heterocycles. The Hall–Kier alpha value is -1.20. The zero-order valence-corrected chi connectivity index (χ0v) is 12.6. The summed E-state index contributed by atoms with van der Waals surface area (Å²) >= 11 is 0. The number of nitrogens with one attached hydrogen (secondary N) is 1. The quantitative estimate of drug-likeness (QED) is 0.815. The average molecular weight is 283 g/mol. The molecule has 0 fully saturated rings. The van der Waals surface area contributed by atoms with Gasteiger partial charge in [0.15, 0.2) is 5.78 Å². The van der Waals surface area contributed by atoms with Gasteiger partial charge >= 0.3 is 0 Å². The van der Waals surface area contributed by atoms with E-state index < -0.39 is 15.3 Å². The lowest BCUT2D eigenvalue weighted by Crippen LogP contribution is -2.33. The molecule has 0 saturated heterocycles. The van der Waals surface area contributed by atoms with Crippen LogP contribution in [0.15, 0.2) is 24.3 Å². The van der Waals surface area contributed by atoms with Crippen LogP contribution >= 0.6 is 0 Å². The van der Waals surface area contributed by atoms with E-state index in [9.17, 15) is 13.2 Å². The molecule has 19 heavy (non-hydrogen) atoms. The van der Waals surface area contributed by atoms with Crippen LogP contribution in [0.1, 0.15) is 49.5 Å². The van der Waals surface area contributed by atoms with E-state index in [2.05, 4.69) is 4.72 Å². The Labute approximate surface area is 115 Å². The van der Waals surface area contributed by atoms with Gasteiger partial charge < -0.3 is 0 Å². The molecular formula is C14H21NO3S. The summed E-state index contributed by atoms with van der Waals surface area (Å²) in [6.45, 7) is 7.13. The fourth-order valence-electron chi connectivity index (χ4n) is 1.57. The van der Waals surface area contributed by atoms with Crippen molar-refractivity contribution in [3.05, 3.63) is 35.4 Å². The summed E-state index contributed by atoms with van der Waals surface area (Å²) in [6.07, 6.45) is 0. The minimum atomic E-state index is -3.23. The van der Waals surface area contributed by atoms with Crippen LogP contribution in [-0.4, -0.2) is 26.0 Å². The Balaban J connectivity index is 2.69. The lowest BCUT2D eigenvalue weighted by atomic mass is 9.99. The first-order valence-electron chi connectivity index (χ1n) is 6.33. The summed E-state index contributed by atoms with van der Waals surface area (Å²) in [5.41, 5.74) is 1.68. The maximum atomic E-state index is 11.7. The largest absolute Gasteiger partial charge is 0.295 e. The van der Waals surface area contributed by atoms with E-state index in [-0.39, 0.29) is 11.7 Å². The van der Waals surface area contributed by atoms with Crippen molar-refractivity contribution in [2.45, 2.75) is 38.9 Å². The van der Waals surface area contributed by atoms with E-state index in [0.29, 0.717) is 12.1 Å². The zero-order chi connectivity index (χ0) is 14.6. The van der Waals surface area contributed by atoms with Gasteiger partial charge in [-0.1, -0.05) is 31.2 Å². The van der Waals surface area contributed by atoms with E-state index >= 15 is 0 Å². The molecule has 0 heterocycles. The van der Waals surface area contributed by atoms with Gasteiger partial charge in [0.25, 0.3) is 0 Å². The van der Waals surface area contributed by atoms with Gasteiger partial charge in [-0.15, -0.1) is 0 Å². The van der Waals surface area contributed by atoms with Crippen molar-refractivity contribution in [1.29, 1.82) is 0 Å². The number of carbonyl (C=O) groups is 1. The molecule has 0 saturated carbocycles. The predicted octanol–water partition coefficient (Wildman–Crippen LogP) is 2.32. The molecule has 106 valence electrons. The monoisotopic (exact) mass is 283 g/mol. The Kier molecular flexibility index (Phi) is 5.26. The molecule has 1 aromatic rings. The first-order chi connectivity index (χ1) is 8.74. The van der Waals surface area contributed by atoms with E-state index in [4.69, 9.17) is 0 Å². The van der Waals surface area contributed by atoms with Crippen molar-refractivity contribution in [2.75, 3.05) is 6.54 Å². The maximum Gasteiger partial charge on any atom is 0.213 e. The second-order valence-electron chi connectivity index (χ2n) is 5.02. The molecule has 1 atom stereocenters. The maximum absolute atomic E-state index is 11.7. The van der Waals surface area contributed by atoms with Gasteiger partial charge in [0.05, 0.1) is 5.25 Å². The van der Waals surface area contributed by atoms with Crippen LogP contribution in [0.5, 0.6) is 0 Å². The molecule has 1 rings (SSSR count). The number of Topliss-reactive ketones (excluding diaryl/α,β-unsaturated/α-hetero) is 1. The third-order valence-corrected chi connectivity index (χ3v) is 4.91. The topological polar surface area (TPSA) is 63.2 Å². The second kappa shape index (κ2) is 6.30. The zero-order valence-electron chi connectivity index (χ0n) is 11.8. The molecule has 5 heteroatoms. The first-order valence-corrected chi connectivity index (χ1v) is 7.88. The van der Waals surface area contributed by atoms with Gasteiger partial charge in [0, 0.05) is 12.1 Å². The van der Waals surface area contributed by atoms with Crippen LogP contribution < -0.4 is 4.72 Å². The third kappa shape index (κ3) is 4.44. The fourth-order valence-corrected chi connectivity index (χ4v) is 2.39. The highest BCUT2D eigenvalue weighted by Crippen LogP contribution is 2.16. The molecule has 1 aromatic carbocycles. The Morgan fingerprint density at radius 1 is 1.16 bits per heavy atom. The van der Waals surface area contributed by atoms with Gasteiger partial charge in [-0.3, -0.25) is 4.79 Å². The van der Waals surface area contributed by atoms with Crippen LogP contribution in [0, 0.1) is 0 Å². The Morgan fingerprint density at radius 2 is 1.68 bits per heavy atom. The third-order valence-electron chi connectivity index (χ3n) is 3.10. The van der Waals surface area contributed by atoms with Crippen LogP contribution in [0.3, 0.4) is 0 Å². The summed E-state index contributed by atoms with van der Waals surface area (Å²) < 4.78 is 25.9. The molecule has 0 aliphatic rings. The van der Waals surface area contributed by atoms with Crippen molar-refractivity contribution in [3.8, 4) is 0 Å².